The molecule has 1 aliphatic carbocycles. The molecule has 0 aromatic carbocycles. The summed E-state index contributed by atoms with van der Waals surface area (Å²) in [6.45, 7) is 11.6. The predicted octanol–water partition coefficient (Wildman–Crippen LogP) is 4.03. The monoisotopic (exact) mass is 294 g/mol. The summed E-state index contributed by atoms with van der Waals surface area (Å²) in [5.41, 5.74) is 0.0966. The van der Waals surface area contributed by atoms with Crippen molar-refractivity contribution in [3.8, 4) is 0 Å². The second-order valence-corrected chi connectivity index (χ2v) is 7.62. The van der Waals surface area contributed by atoms with Gasteiger partial charge in [0, 0.05) is 13.1 Å². The first-order chi connectivity index (χ1) is 9.80. The van der Waals surface area contributed by atoms with Crippen molar-refractivity contribution in [2.75, 3.05) is 13.1 Å². The largest absolute Gasteiger partial charge is 0.444 e. The minimum absolute atomic E-state index is 0.412. The van der Waals surface area contributed by atoms with E-state index in [-0.39, 0.29) is 0 Å². The zero-order chi connectivity index (χ0) is 15.5. The van der Waals surface area contributed by atoms with Gasteiger partial charge in [0.2, 0.25) is 0 Å². The summed E-state index contributed by atoms with van der Waals surface area (Å²) in [7, 11) is 0. The highest BCUT2D eigenvalue weighted by Gasteiger charge is 2.35. The minimum atomic E-state index is -0.474. The normalized spacial score (nSPS) is 22.0. The maximum Gasteiger partial charge on any atom is 0.413 e. The van der Waals surface area contributed by atoms with Crippen LogP contribution in [0.4, 0.5) is 4.79 Å². The molecule has 1 aliphatic heterocycles. The highest BCUT2D eigenvalue weighted by molar-refractivity contribution is 5.69. The molecule has 2 fully saturated rings. The number of carbonyl (C=O) groups excluding carboxylic acids is 1. The number of nitrogens with one attached hydrogen (secondary N) is 1. The van der Waals surface area contributed by atoms with Crippen LogP contribution in [0.1, 0.15) is 65.7 Å². The Morgan fingerprint density at radius 2 is 1.67 bits per heavy atom. The van der Waals surface area contributed by atoms with Crippen LogP contribution in [0.2, 0.25) is 0 Å². The van der Waals surface area contributed by atoms with Gasteiger partial charge in [-0.05, 0) is 51.9 Å². The van der Waals surface area contributed by atoms with E-state index in [1.807, 2.05) is 20.8 Å². The summed E-state index contributed by atoms with van der Waals surface area (Å²) in [4.78, 5) is 14.0. The van der Waals surface area contributed by atoms with Crippen LogP contribution in [0.5, 0.6) is 0 Å². The van der Waals surface area contributed by atoms with Crippen molar-refractivity contribution in [1.82, 2.24) is 10.2 Å². The Kier molecular flexibility index (Phi) is 4.84. The number of hydrogen-bond acceptors (Lipinski definition) is 3. The smallest absolute Gasteiger partial charge is 0.413 e. The van der Waals surface area contributed by atoms with Gasteiger partial charge in [0.05, 0.1) is 0 Å². The molecule has 2 aliphatic rings. The average Bonchev–Trinajstić information content (AvgIpc) is 2.38. The van der Waals surface area contributed by atoms with Gasteiger partial charge in [-0.15, -0.1) is 0 Å². The van der Waals surface area contributed by atoms with Crippen molar-refractivity contribution in [2.24, 2.45) is 5.41 Å². The molecule has 1 amide bonds. The number of hydrogen-bond donors (Lipinski definition) is 1. The lowest BCUT2D eigenvalue weighted by Crippen LogP contribution is -2.44. The summed E-state index contributed by atoms with van der Waals surface area (Å²) in [5.74, 6) is 0.676. The molecule has 1 saturated carbocycles. The molecule has 0 atom stereocenters. The van der Waals surface area contributed by atoms with Crippen molar-refractivity contribution in [3.05, 3.63) is 12.4 Å². The van der Waals surface area contributed by atoms with E-state index >= 15 is 0 Å². The third-order valence-electron chi connectivity index (χ3n) is 4.77. The van der Waals surface area contributed by atoms with Crippen LogP contribution >= 0.6 is 0 Å². The number of likely N-dealkylation sites (tertiary alicyclic amines) is 1. The van der Waals surface area contributed by atoms with Crippen molar-refractivity contribution in [1.29, 1.82) is 0 Å². The Morgan fingerprint density at radius 1 is 1.10 bits per heavy atom. The molecule has 1 N–H and O–H groups in total. The number of nitrogens with zero attached hydrogens (tertiary/aromatic N) is 1. The summed E-state index contributed by atoms with van der Waals surface area (Å²) in [6.07, 6.45) is 8.97. The van der Waals surface area contributed by atoms with Crippen molar-refractivity contribution in [2.45, 2.75) is 71.3 Å². The third-order valence-corrected chi connectivity index (χ3v) is 4.77. The van der Waals surface area contributed by atoms with Gasteiger partial charge >= 0.3 is 6.09 Å². The highest BCUT2D eigenvalue weighted by Crippen LogP contribution is 2.44. The quantitative estimate of drug-likeness (QED) is 0.836. The van der Waals surface area contributed by atoms with E-state index < -0.39 is 11.7 Å². The number of amides is 1. The molecule has 4 nitrogen and oxygen atoms in total. The van der Waals surface area contributed by atoms with E-state index in [4.69, 9.17) is 4.74 Å². The van der Waals surface area contributed by atoms with Crippen LogP contribution in [0, 0.1) is 5.41 Å². The van der Waals surface area contributed by atoms with Gasteiger partial charge in [-0.2, -0.15) is 0 Å². The second kappa shape index (κ2) is 6.29. The maximum atomic E-state index is 11.8. The number of carbonyl (C=O) groups is 1. The van der Waals surface area contributed by atoms with Gasteiger partial charge in [0.1, 0.15) is 11.4 Å². The molecule has 4 heteroatoms. The van der Waals surface area contributed by atoms with Crippen molar-refractivity contribution in [3.63, 3.8) is 0 Å². The van der Waals surface area contributed by atoms with Gasteiger partial charge in [0.15, 0.2) is 0 Å². The second-order valence-electron chi connectivity index (χ2n) is 7.62. The molecule has 1 heterocycles. The summed E-state index contributed by atoms with van der Waals surface area (Å²) in [6, 6.07) is 0. The van der Waals surface area contributed by atoms with E-state index in [0.717, 1.165) is 13.1 Å². The average molecular weight is 294 g/mol. The Labute approximate surface area is 128 Å². The van der Waals surface area contributed by atoms with Crippen LogP contribution in [0.15, 0.2) is 12.4 Å². The number of rotatable bonds is 2. The summed E-state index contributed by atoms with van der Waals surface area (Å²) >= 11 is 0. The molecule has 21 heavy (non-hydrogen) atoms. The van der Waals surface area contributed by atoms with E-state index in [9.17, 15) is 4.79 Å². The standard InChI is InChI=1S/C17H30N2O2/c1-14(18-15(20)21-16(2,3)4)19-12-10-17(11-13-19)8-6-5-7-9-17/h1,5-13H2,2-4H3,(H,18,20). The van der Waals surface area contributed by atoms with E-state index in [0.29, 0.717) is 11.2 Å². The molecule has 1 saturated heterocycles. The Bertz CT molecular complexity index is 382. The first-order valence-electron chi connectivity index (χ1n) is 8.24. The van der Waals surface area contributed by atoms with Crippen LogP contribution in [-0.2, 0) is 4.74 Å². The molecule has 0 radical (unpaired) electrons. The van der Waals surface area contributed by atoms with Gasteiger partial charge < -0.3 is 9.64 Å². The number of alkyl carbamates (subject to hydrolysis) is 1. The maximum absolute atomic E-state index is 11.8. The lowest BCUT2D eigenvalue weighted by molar-refractivity contribution is 0.0488. The van der Waals surface area contributed by atoms with Gasteiger partial charge in [-0.3, -0.25) is 5.32 Å². The van der Waals surface area contributed by atoms with E-state index in [1.54, 1.807) is 0 Å². The van der Waals surface area contributed by atoms with Gasteiger partial charge in [0.25, 0.3) is 0 Å². The number of piperidine rings is 1. The van der Waals surface area contributed by atoms with Crippen molar-refractivity contribution >= 4 is 6.09 Å². The molecule has 120 valence electrons. The molecule has 0 unspecified atom stereocenters. The number of ether oxygens (including phenoxy) is 1. The van der Waals surface area contributed by atoms with Crippen LogP contribution < -0.4 is 5.32 Å². The first-order valence-corrected chi connectivity index (χ1v) is 8.24. The molecule has 0 bridgehead atoms. The zero-order valence-corrected chi connectivity index (χ0v) is 13.8. The SMILES string of the molecule is C=C(NC(=O)OC(C)(C)C)N1CCC2(CCCCC2)CC1. The molecular formula is C17H30N2O2. The highest BCUT2D eigenvalue weighted by atomic mass is 16.6. The van der Waals surface area contributed by atoms with Gasteiger partial charge in [-0.25, -0.2) is 4.79 Å². The fourth-order valence-corrected chi connectivity index (χ4v) is 3.55. The first kappa shape index (κ1) is 16.2. The summed E-state index contributed by atoms with van der Waals surface area (Å²) in [5, 5.41) is 2.77. The summed E-state index contributed by atoms with van der Waals surface area (Å²) < 4.78 is 5.27. The van der Waals surface area contributed by atoms with Crippen LogP contribution in [0.25, 0.3) is 0 Å². The fraction of sp³-hybridized carbons (Fsp3) is 0.824. The predicted molar refractivity (Wildman–Crippen MR) is 84.8 cm³/mol. The molecule has 2 rings (SSSR count). The van der Waals surface area contributed by atoms with E-state index in [1.165, 1.54) is 44.9 Å². The molecular weight excluding hydrogens is 264 g/mol. The molecule has 0 aromatic rings. The Hall–Kier alpha value is -1.19. The lowest BCUT2D eigenvalue weighted by atomic mass is 9.68. The zero-order valence-electron chi connectivity index (χ0n) is 13.8. The Morgan fingerprint density at radius 3 is 2.19 bits per heavy atom. The van der Waals surface area contributed by atoms with Crippen molar-refractivity contribution < 1.29 is 9.53 Å². The van der Waals surface area contributed by atoms with Gasteiger partial charge in [-0.1, -0.05) is 25.8 Å². The van der Waals surface area contributed by atoms with Crippen LogP contribution in [-0.4, -0.2) is 29.7 Å². The van der Waals surface area contributed by atoms with Crippen LogP contribution in [0.3, 0.4) is 0 Å². The minimum Gasteiger partial charge on any atom is -0.444 e. The topological polar surface area (TPSA) is 41.6 Å². The molecule has 0 aromatic heterocycles. The fourth-order valence-electron chi connectivity index (χ4n) is 3.55. The Balaban J connectivity index is 1.79. The third kappa shape index (κ3) is 4.65. The lowest BCUT2D eigenvalue weighted by Gasteiger charge is -2.45. The molecule has 1 spiro atoms. The van der Waals surface area contributed by atoms with E-state index in [2.05, 4.69) is 16.8 Å².